The molecule has 3 aromatic rings. The number of thiol groups is 1. The summed E-state index contributed by atoms with van der Waals surface area (Å²) in [4.78, 5) is 3.57. The van der Waals surface area contributed by atoms with Gasteiger partial charge in [0, 0.05) is 20.6 Å². The van der Waals surface area contributed by atoms with E-state index in [9.17, 15) is 0 Å². The summed E-state index contributed by atoms with van der Waals surface area (Å²) in [7, 11) is 0. The Kier molecular flexibility index (Phi) is 10.4. The maximum atomic E-state index is 4.92. The molecule has 0 aliphatic heterocycles. The van der Waals surface area contributed by atoms with Gasteiger partial charge in [-0.25, -0.2) is 0 Å². The molecule has 3 aliphatic rings. The molecule has 0 fully saturated rings. The second-order valence-electron chi connectivity index (χ2n) is 12.5. The summed E-state index contributed by atoms with van der Waals surface area (Å²) in [6.45, 7) is 4.61. The smallest absolute Gasteiger partial charge is 0.0410 e. The van der Waals surface area contributed by atoms with Crippen molar-refractivity contribution < 1.29 is 0 Å². The molecule has 1 aromatic heterocycles. The molecule has 44 heavy (non-hydrogen) atoms. The standard InChI is InChI=1S/C42H46S2/c1-3-5-7-17-36-34-19-11-12-20-35(34)37(18-8-6-4-2)39-28-30(22-25-38(36)39)14-13-21-40(43)42-27-26-41(44-42)33-24-23-31-15-9-10-16-32(31)29-33/h9-15,19-27,29-30,32,43H,3-8,16-18,28H2,1-2H3/b14-13+,40-21-. The fraction of sp³-hybridized carbons (Fsp3) is 0.333. The average Bonchev–Trinajstić information content (AvgIpc) is 3.56. The highest BCUT2D eigenvalue weighted by Crippen LogP contribution is 2.39. The number of hydrogen-bond acceptors (Lipinski definition) is 2. The predicted octanol–water partition coefficient (Wildman–Crippen LogP) is 12.5. The van der Waals surface area contributed by atoms with Crippen molar-refractivity contribution in [3.05, 3.63) is 135 Å². The SMILES string of the molecule is CCCCCc1c2c(c(CCCCC)c3ccccc13)CC(/C=C/C=C(\S)c1ccc(C3=CC4CC=CC=C4C=C3)s1)C=C2. The highest BCUT2D eigenvalue weighted by Gasteiger charge is 2.22. The van der Waals surface area contributed by atoms with E-state index < -0.39 is 0 Å². The van der Waals surface area contributed by atoms with Crippen molar-refractivity contribution in [1.82, 2.24) is 0 Å². The van der Waals surface area contributed by atoms with Gasteiger partial charge in [-0.3, -0.25) is 0 Å². The Labute approximate surface area is 274 Å². The first-order chi connectivity index (χ1) is 21.7. The summed E-state index contributed by atoms with van der Waals surface area (Å²) >= 11 is 6.76. The van der Waals surface area contributed by atoms with Crippen molar-refractivity contribution in [2.75, 3.05) is 0 Å². The Hall–Kier alpha value is -3.07. The van der Waals surface area contributed by atoms with E-state index in [1.54, 1.807) is 16.7 Å². The summed E-state index contributed by atoms with van der Waals surface area (Å²) in [6, 6.07) is 13.7. The van der Waals surface area contributed by atoms with Crippen LogP contribution in [0.15, 0.2) is 103 Å². The Bertz CT molecular complexity index is 1700. The van der Waals surface area contributed by atoms with E-state index >= 15 is 0 Å². The molecule has 0 N–H and O–H groups in total. The Morgan fingerprint density at radius 1 is 0.909 bits per heavy atom. The first-order valence-corrected chi connectivity index (χ1v) is 18.1. The van der Waals surface area contributed by atoms with Crippen LogP contribution in [0.3, 0.4) is 0 Å². The third kappa shape index (κ3) is 6.93. The second-order valence-corrected chi connectivity index (χ2v) is 14.1. The van der Waals surface area contributed by atoms with Gasteiger partial charge in [-0.05, 0) is 107 Å². The van der Waals surface area contributed by atoms with E-state index in [0.717, 1.165) is 17.7 Å². The van der Waals surface area contributed by atoms with Crippen molar-refractivity contribution in [3.63, 3.8) is 0 Å². The van der Waals surface area contributed by atoms with Gasteiger partial charge in [0.2, 0.25) is 0 Å². The number of fused-ring (bicyclic) bond motifs is 3. The van der Waals surface area contributed by atoms with E-state index in [4.69, 9.17) is 12.6 Å². The van der Waals surface area contributed by atoms with E-state index in [2.05, 4.69) is 117 Å². The van der Waals surface area contributed by atoms with Gasteiger partial charge in [0.1, 0.15) is 0 Å². The predicted molar refractivity (Wildman–Crippen MR) is 200 cm³/mol. The first kappa shape index (κ1) is 30.9. The minimum Gasteiger partial charge on any atom is -0.142 e. The Morgan fingerprint density at radius 3 is 2.48 bits per heavy atom. The largest absolute Gasteiger partial charge is 0.142 e. The van der Waals surface area contributed by atoms with Crippen LogP contribution in [0.1, 0.15) is 90.8 Å². The summed E-state index contributed by atoms with van der Waals surface area (Å²) in [5.74, 6) is 0.906. The lowest BCUT2D eigenvalue weighted by molar-refractivity contribution is 0.702. The normalized spacial score (nSPS) is 19.4. The summed E-state index contributed by atoms with van der Waals surface area (Å²) in [5, 5.41) is 2.98. The van der Waals surface area contributed by atoms with Gasteiger partial charge >= 0.3 is 0 Å². The lowest BCUT2D eigenvalue weighted by Gasteiger charge is -2.26. The summed E-state index contributed by atoms with van der Waals surface area (Å²) in [6.07, 6.45) is 37.5. The van der Waals surface area contributed by atoms with Crippen molar-refractivity contribution in [1.29, 1.82) is 0 Å². The number of benzene rings is 2. The zero-order valence-corrected chi connectivity index (χ0v) is 28.1. The van der Waals surface area contributed by atoms with Crippen LogP contribution in [0.25, 0.3) is 27.3 Å². The molecule has 2 atom stereocenters. The maximum absolute atomic E-state index is 4.92. The van der Waals surface area contributed by atoms with E-state index in [1.807, 2.05) is 11.3 Å². The van der Waals surface area contributed by atoms with Gasteiger partial charge in [0.15, 0.2) is 0 Å². The molecule has 0 nitrogen and oxygen atoms in total. The number of rotatable bonds is 12. The number of allylic oxidation sites excluding steroid dienone is 12. The molecular weight excluding hydrogens is 569 g/mol. The van der Waals surface area contributed by atoms with Gasteiger partial charge in [-0.2, -0.15) is 0 Å². The molecule has 0 saturated heterocycles. The highest BCUT2D eigenvalue weighted by molar-refractivity contribution is 7.90. The van der Waals surface area contributed by atoms with Crippen LogP contribution >= 0.6 is 24.0 Å². The zero-order chi connectivity index (χ0) is 30.3. The molecule has 1 heterocycles. The van der Waals surface area contributed by atoms with E-state index in [0.29, 0.717) is 11.8 Å². The summed E-state index contributed by atoms with van der Waals surface area (Å²) < 4.78 is 0. The van der Waals surface area contributed by atoms with Crippen LogP contribution < -0.4 is 0 Å². The van der Waals surface area contributed by atoms with Crippen LogP contribution in [0.5, 0.6) is 0 Å². The van der Waals surface area contributed by atoms with Crippen LogP contribution in [0, 0.1) is 11.8 Å². The molecule has 0 spiro atoms. The molecular formula is C42H46S2. The van der Waals surface area contributed by atoms with Crippen LogP contribution in [-0.2, 0) is 19.3 Å². The van der Waals surface area contributed by atoms with Crippen LogP contribution in [0.4, 0.5) is 0 Å². The highest BCUT2D eigenvalue weighted by atomic mass is 32.1. The van der Waals surface area contributed by atoms with Crippen LogP contribution in [-0.4, -0.2) is 0 Å². The minimum absolute atomic E-state index is 0.401. The zero-order valence-electron chi connectivity index (χ0n) is 26.4. The average molecular weight is 615 g/mol. The fourth-order valence-corrected chi connectivity index (χ4v) is 8.28. The molecule has 3 aliphatic carbocycles. The lowest BCUT2D eigenvalue weighted by atomic mass is 9.78. The number of aryl methyl sites for hydroxylation is 2. The molecule has 6 rings (SSSR count). The summed E-state index contributed by atoms with van der Waals surface area (Å²) in [5.41, 5.74) is 9.04. The number of thiophene rings is 1. The van der Waals surface area contributed by atoms with Gasteiger partial charge in [0.25, 0.3) is 0 Å². The Balaban J connectivity index is 1.22. The van der Waals surface area contributed by atoms with Gasteiger partial charge in [0.05, 0.1) is 0 Å². The fourth-order valence-electron chi connectivity index (χ4n) is 7.04. The molecule has 2 aromatic carbocycles. The minimum atomic E-state index is 0.401. The monoisotopic (exact) mass is 614 g/mol. The van der Waals surface area contributed by atoms with E-state index in [-0.39, 0.29) is 0 Å². The van der Waals surface area contributed by atoms with Crippen molar-refractivity contribution in [2.45, 2.75) is 78.1 Å². The molecule has 0 saturated carbocycles. The van der Waals surface area contributed by atoms with Gasteiger partial charge in [-0.1, -0.05) is 125 Å². The molecule has 0 bridgehead atoms. The van der Waals surface area contributed by atoms with E-state index in [1.165, 1.54) is 88.6 Å². The molecule has 226 valence electrons. The Morgan fingerprint density at radius 2 is 1.68 bits per heavy atom. The lowest BCUT2D eigenvalue weighted by Crippen LogP contribution is -2.12. The van der Waals surface area contributed by atoms with Gasteiger partial charge < -0.3 is 0 Å². The molecule has 0 amide bonds. The first-order valence-electron chi connectivity index (χ1n) is 16.8. The second kappa shape index (κ2) is 14.8. The number of unbranched alkanes of at least 4 members (excludes halogenated alkanes) is 4. The number of hydrogen-bond donors (Lipinski definition) is 1. The van der Waals surface area contributed by atoms with Crippen molar-refractivity contribution in [2.24, 2.45) is 11.8 Å². The topological polar surface area (TPSA) is 0 Å². The van der Waals surface area contributed by atoms with Gasteiger partial charge in [-0.15, -0.1) is 24.0 Å². The molecule has 2 unspecified atom stereocenters. The van der Waals surface area contributed by atoms with Crippen molar-refractivity contribution >= 4 is 51.3 Å². The molecule has 2 heteroatoms. The van der Waals surface area contributed by atoms with Crippen LogP contribution in [0.2, 0.25) is 0 Å². The molecule has 0 radical (unpaired) electrons. The third-order valence-corrected chi connectivity index (χ3v) is 11.1. The quantitative estimate of drug-likeness (QED) is 0.117. The maximum Gasteiger partial charge on any atom is 0.0410 e. The third-order valence-electron chi connectivity index (χ3n) is 9.44. The van der Waals surface area contributed by atoms with Crippen molar-refractivity contribution in [3.8, 4) is 0 Å².